The number of hydrogen-bond acceptors (Lipinski definition) is 4. The number of amides is 2. The number of halogens is 2. The van der Waals surface area contributed by atoms with Crippen molar-refractivity contribution in [1.29, 1.82) is 0 Å². The third-order valence-electron chi connectivity index (χ3n) is 5.66. The van der Waals surface area contributed by atoms with Crippen LogP contribution in [0.4, 0.5) is 8.78 Å². The molecular formula is C21H23F2N4O3+. The van der Waals surface area contributed by atoms with Crippen LogP contribution in [0.2, 0.25) is 0 Å². The number of quaternary nitrogens is 1. The van der Waals surface area contributed by atoms with Gasteiger partial charge in [0.1, 0.15) is 22.9 Å². The van der Waals surface area contributed by atoms with Crippen LogP contribution in [-0.4, -0.2) is 46.4 Å². The maximum Gasteiger partial charge on any atom is 0.278 e. The summed E-state index contributed by atoms with van der Waals surface area (Å²) in [6.07, 6.45) is 4.06. The van der Waals surface area contributed by atoms with Crippen molar-refractivity contribution in [2.75, 3.05) is 6.54 Å². The normalized spacial score (nSPS) is 22.6. The van der Waals surface area contributed by atoms with Crippen molar-refractivity contribution in [3.63, 3.8) is 0 Å². The molecule has 4 rings (SSSR count). The summed E-state index contributed by atoms with van der Waals surface area (Å²) in [5.74, 6) is -1.33. The predicted octanol–water partition coefficient (Wildman–Crippen LogP) is 1.65. The molecule has 2 aromatic rings. The molecule has 0 aliphatic carbocycles. The first-order valence-corrected chi connectivity index (χ1v) is 9.95. The van der Waals surface area contributed by atoms with E-state index in [0.717, 1.165) is 25.1 Å². The predicted molar refractivity (Wildman–Crippen MR) is 103 cm³/mol. The minimum Gasteiger partial charge on any atom is -0.438 e. The molecule has 3 heterocycles. The van der Waals surface area contributed by atoms with E-state index in [2.05, 4.69) is 16.0 Å². The van der Waals surface area contributed by atoms with E-state index in [1.807, 2.05) is 4.90 Å². The molecule has 0 saturated carbocycles. The summed E-state index contributed by atoms with van der Waals surface area (Å²) >= 11 is 0. The van der Waals surface area contributed by atoms with Crippen molar-refractivity contribution >= 4 is 11.8 Å². The average Bonchev–Trinajstić information content (AvgIpc) is 3.00. The van der Waals surface area contributed by atoms with Gasteiger partial charge in [-0.25, -0.2) is 13.8 Å². The van der Waals surface area contributed by atoms with Gasteiger partial charge in [-0.05, 0) is 56.0 Å². The smallest absolute Gasteiger partial charge is 0.278 e. The number of carbonyl (C=O) groups excluding carboxylic acids is 2. The second-order valence-electron chi connectivity index (χ2n) is 7.64. The third-order valence-corrected chi connectivity index (χ3v) is 5.66. The Balaban J connectivity index is 1.48. The minimum atomic E-state index is -0.664. The molecule has 1 aromatic carbocycles. The molecule has 2 aliphatic rings. The van der Waals surface area contributed by atoms with Crippen LogP contribution in [0.3, 0.4) is 0 Å². The fourth-order valence-corrected chi connectivity index (χ4v) is 4.38. The zero-order valence-electron chi connectivity index (χ0n) is 16.3. The molecule has 0 radical (unpaired) electrons. The van der Waals surface area contributed by atoms with Gasteiger partial charge < -0.3 is 20.7 Å². The lowest BCUT2D eigenvalue weighted by Crippen LogP contribution is -2.62. The van der Waals surface area contributed by atoms with Gasteiger partial charge in [0, 0.05) is 18.1 Å². The molecule has 0 spiro atoms. The Hall–Kier alpha value is -3.07. The Kier molecular flexibility index (Phi) is 5.63. The van der Waals surface area contributed by atoms with Gasteiger partial charge in [-0.2, -0.15) is 0 Å². The summed E-state index contributed by atoms with van der Waals surface area (Å²) in [7, 11) is 0. The topological polar surface area (TPSA) is 99.2 Å². The van der Waals surface area contributed by atoms with E-state index in [1.165, 1.54) is 24.3 Å². The molecule has 2 aliphatic heterocycles. The summed E-state index contributed by atoms with van der Waals surface area (Å²) in [5, 5.41) is 2.94. The summed E-state index contributed by atoms with van der Waals surface area (Å²) in [6.45, 7) is 0.225. The monoisotopic (exact) mass is 417 g/mol. The van der Waals surface area contributed by atoms with Crippen LogP contribution in [0, 0.1) is 11.6 Å². The first-order valence-electron chi connectivity index (χ1n) is 9.95. The Morgan fingerprint density at radius 1 is 1.13 bits per heavy atom. The molecule has 158 valence electrons. The van der Waals surface area contributed by atoms with E-state index in [9.17, 15) is 18.4 Å². The minimum absolute atomic E-state index is 0.0385. The maximum absolute atomic E-state index is 13.8. The van der Waals surface area contributed by atoms with Crippen molar-refractivity contribution in [1.82, 2.24) is 15.2 Å². The van der Waals surface area contributed by atoms with Crippen molar-refractivity contribution in [3.05, 3.63) is 53.7 Å². The highest BCUT2D eigenvalue weighted by molar-refractivity contribution is 5.96. The largest absolute Gasteiger partial charge is 0.438 e. The van der Waals surface area contributed by atoms with E-state index in [-0.39, 0.29) is 47.8 Å². The fraction of sp³-hybridized carbons (Fsp3) is 0.381. The first-order chi connectivity index (χ1) is 14.4. The van der Waals surface area contributed by atoms with Crippen LogP contribution in [-0.2, 0) is 4.79 Å². The number of benzene rings is 1. The molecule has 1 aromatic heterocycles. The SMILES string of the molecule is [NH3+]CC(=O)N1C2CCC1CC(NC(=O)c1cc(F)cnc1Oc1ccc(F)cc1)C2. The second kappa shape index (κ2) is 8.35. The highest BCUT2D eigenvalue weighted by Gasteiger charge is 2.43. The molecular weight excluding hydrogens is 394 g/mol. The quantitative estimate of drug-likeness (QED) is 0.773. The van der Waals surface area contributed by atoms with E-state index in [4.69, 9.17) is 4.74 Å². The van der Waals surface area contributed by atoms with Gasteiger partial charge in [-0.15, -0.1) is 0 Å². The molecule has 2 fully saturated rings. The van der Waals surface area contributed by atoms with E-state index in [0.29, 0.717) is 12.8 Å². The molecule has 9 heteroatoms. The summed E-state index contributed by atoms with van der Waals surface area (Å²) in [6, 6.07) is 6.34. The Bertz CT molecular complexity index is 940. The number of piperidine rings is 1. The number of nitrogens with zero attached hydrogens (tertiary/aromatic N) is 2. The van der Waals surface area contributed by atoms with Gasteiger partial charge in [-0.1, -0.05) is 0 Å². The number of nitrogens with one attached hydrogen (secondary N) is 1. The van der Waals surface area contributed by atoms with Gasteiger partial charge in [0.2, 0.25) is 5.88 Å². The molecule has 2 atom stereocenters. The van der Waals surface area contributed by atoms with Crippen LogP contribution in [0.1, 0.15) is 36.0 Å². The lowest BCUT2D eigenvalue weighted by atomic mass is 9.96. The van der Waals surface area contributed by atoms with Crippen LogP contribution in [0.25, 0.3) is 0 Å². The van der Waals surface area contributed by atoms with Crippen molar-refractivity contribution in [2.24, 2.45) is 0 Å². The van der Waals surface area contributed by atoms with Gasteiger partial charge in [-0.3, -0.25) is 9.59 Å². The maximum atomic E-state index is 13.8. The van der Waals surface area contributed by atoms with E-state index in [1.54, 1.807) is 0 Å². The molecule has 2 amide bonds. The number of hydrogen-bond donors (Lipinski definition) is 2. The van der Waals surface area contributed by atoms with Gasteiger partial charge in [0.05, 0.1) is 6.20 Å². The van der Waals surface area contributed by atoms with Gasteiger partial charge in [0.15, 0.2) is 6.54 Å². The zero-order chi connectivity index (χ0) is 21.3. The van der Waals surface area contributed by atoms with Crippen molar-refractivity contribution in [3.8, 4) is 11.6 Å². The summed E-state index contributed by atoms with van der Waals surface area (Å²) < 4.78 is 32.5. The number of pyridine rings is 1. The van der Waals surface area contributed by atoms with Crippen molar-refractivity contribution in [2.45, 2.75) is 43.8 Å². The number of carbonyl (C=O) groups is 2. The van der Waals surface area contributed by atoms with Gasteiger partial charge >= 0.3 is 0 Å². The highest BCUT2D eigenvalue weighted by Crippen LogP contribution is 2.36. The van der Waals surface area contributed by atoms with Crippen molar-refractivity contribution < 1.29 is 28.8 Å². The lowest BCUT2D eigenvalue weighted by molar-refractivity contribution is -0.357. The Labute approximate surface area is 172 Å². The molecule has 30 heavy (non-hydrogen) atoms. The number of aromatic nitrogens is 1. The van der Waals surface area contributed by atoms with Crippen LogP contribution in [0.5, 0.6) is 11.6 Å². The second-order valence-corrected chi connectivity index (χ2v) is 7.64. The summed E-state index contributed by atoms with van der Waals surface area (Å²) in [4.78, 5) is 30.8. The van der Waals surface area contributed by atoms with E-state index < -0.39 is 17.5 Å². The van der Waals surface area contributed by atoms with E-state index >= 15 is 0 Å². The molecule has 7 nitrogen and oxygen atoms in total. The third kappa shape index (κ3) is 4.11. The lowest BCUT2D eigenvalue weighted by Gasteiger charge is -2.38. The highest BCUT2D eigenvalue weighted by atomic mass is 19.1. The first kappa shape index (κ1) is 20.2. The summed E-state index contributed by atoms with van der Waals surface area (Å²) in [5.41, 5.74) is 3.64. The Morgan fingerprint density at radius 3 is 2.43 bits per heavy atom. The Morgan fingerprint density at radius 2 is 1.80 bits per heavy atom. The molecule has 2 saturated heterocycles. The number of rotatable bonds is 5. The molecule has 2 bridgehead atoms. The molecule has 4 N–H and O–H groups in total. The fourth-order valence-electron chi connectivity index (χ4n) is 4.38. The number of ether oxygens (including phenoxy) is 1. The van der Waals surface area contributed by atoms with Gasteiger partial charge in [0.25, 0.3) is 11.8 Å². The standard InChI is InChI=1S/C21H22F2N4O3/c22-12-1-5-17(6-2-12)30-21-18(7-13(23)11-25-21)20(29)26-14-8-15-3-4-16(9-14)27(15)19(28)10-24/h1-2,5-7,11,14-16H,3-4,8-10,24H2,(H,26,29)/p+1. The van der Waals surface area contributed by atoms with Crippen LogP contribution in [0.15, 0.2) is 36.5 Å². The molecule has 2 unspecified atom stereocenters. The van der Waals surface area contributed by atoms with Crippen LogP contribution < -0.4 is 15.8 Å². The zero-order valence-corrected chi connectivity index (χ0v) is 16.3. The number of fused-ring (bicyclic) bond motifs is 2. The van der Waals surface area contributed by atoms with Crippen LogP contribution >= 0.6 is 0 Å². The average molecular weight is 417 g/mol.